The maximum atomic E-state index is 13.9. The maximum absolute atomic E-state index is 13.9. The van der Waals surface area contributed by atoms with E-state index in [2.05, 4.69) is 29.5 Å². The molecule has 2 rings (SSSR count). The molecule has 1 aliphatic heterocycles. The predicted octanol–water partition coefficient (Wildman–Crippen LogP) is 2.28. The van der Waals surface area contributed by atoms with Crippen LogP contribution in [0.25, 0.3) is 12.7 Å². The summed E-state index contributed by atoms with van der Waals surface area (Å²) in [7, 11) is 0. The van der Waals surface area contributed by atoms with Gasteiger partial charge in [0.15, 0.2) is 0 Å². The topological polar surface area (TPSA) is 19.0 Å². The van der Waals surface area contributed by atoms with Crippen molar-refractivity contribution >= 4 is 12.7 Å². The lowest BCUT2D eigenvalue weighted by atomic mass is 9.97. The lowest BCUT2D eigenvalue weighted by Crippen LogP contribution is -2.45. The average molecular weight is 276 g/mol. The molecular weight excluding hydrogens is 251 g/mol. The summed E-state index contributed by atoms with van der Waals surface area (Å²) in [6.45, 7) is 12.8. The summed E-state index contributed by atoms with van der Waals surface area (Å²) in [5.74, 6) is 0. The van der Waals surface area contributed by atoms with E-state index in [0.29, 0.717) is 12.6 Å². The fraction of sp³-hybridized carbons (Fsp3) is 0.529. The van der Waals surface area contributed by atoms with Gasteiger partial charge in [0.05, 0.1) is 0 Å². The van der Waals surface area contributed by atoms with Gasteiger partial charge >= 0.3 is 0 Å². The van der Waals surface area contributed by atoms with E-state index in [1.807, 2.05) is 19.1 Å². The van der Waals surface area contributed by atoms with Gasteiger partial charge < -0.3 is 4.98 Å². The Hall–Kier alpha value is -1.35. The van der Waals surface area contributed by atoms with Gasteiger partial charge in [0, 0.05) is 35.4 Å². The second kappa shape index (κ2) is 5.57. The zero-order valence-corrected chi connectivity index (χ0v) is 13.0. The predicted molar refractivity (Wildman–Crippen MR) is 83.6 cm³/mol. The third kappa shape index (κ3) is 3.21. The zero-order valence-electron chi connectivity index (χ0n) is 13.0. The fourth-order valence-electron chi connectivity index (χ4n) is 2.91. The van der Waals surface area contributed by atoms with E-state index in [-0.39, 0.29) is 0 Å². The van der Waals surface area contributed by atoms with Crippen molar-refractivity contribution in [3.63, 3.8) is 0 Å². The fourth-order valence-corrected chi connectivity index (χ4v) is 2.91. The SMILES string of the molecule is C=c1[nH]c2c(/c1=C/C=C\C)CC(C)N(CC(C)(C)F)C2. The Balaban J connectivity index is 2.35. The van der Waals surface area contributed by atoms with Crippen LogP contribution < -0.4 is 10.6 Å². The number of aromatic nitrogens is 1. The summed E-state index contributed by atoms with van der Waals surface area (Å²) >= 11 is 0. The molecule has 0 spiro atoms. The summed E-state index contributed by atoms with van der Waals surface area (Å²) in [5, 5.41) is 2.16. The van der Waals surface area contributed by atoms with Gasteiger partial charge in [-0.2, -0.15) is 0 Å². The normalized spacial score (nSPS) is 21.6. The van der Waals surface area contributed by atoms with Crippen molar-refractivity contribution < 1.29 is 4.39 Å². The van der Waals surface area contributed by atoms with Crippen LogP contribution in [0.5, 0.6) is 0 Å². The van der Waals surface area contributed by atoms with E-state index >= 15 is 0 Å². The standard InChI is InChI=1S/C17H25FN2/c1-6-7-8-14-13(3)19-16-10-20(11-17(4,5)18)12(2)9-15(14)16/h6-8,12,19H,3,9-11H2,1-2,4-5H3/b7-6-,14-8+. The quantitative estimate of drug-likeness (QED) is 0.897. The molecule has 20 heavy (non-hydrogen) atoms. The summed E-state index contributed by atoms with van der Waals surface area (Å²) in [6.07, 6.45) is 7.11. The van der Waals surface area contributed by atoms with E-state index in [0.717, 1.165) is 18.3 Å². The number of rotatable bonds is 3. The second-order valence-corrected chi connectivity index (χ2v) is 6.34. The molecule has 0 radical (unpaired) electrons. The molecule has 1 unspecified atom stereocenters. The Morgan fingerprint density at radius 2 is 2.20 bits per heavy atom. The van der Waals surface area contributed by atoms with Gasteiger partial charge in [0.25, 0.3) is 0 Å². The van der Waals surface area contributed by atoms with Gasteiger partial charge in [0.1, 0.15) is 5.67 Å². The van der Waals surface area contributed by atoms with Crippen LogP contribution in [-0.4, -0.2) is 28.1 Å². The van der Waals surface area contributed by atoms with Crippen LogP contribution in [-0.2, 0) is 13.0 Å². The van der Waals surface area contributed by atoms with Crippen LogP contribution in [0, 0.1) is 0 Å². The maximum Gasteiger partial charge on any atom is 0.118 e. The number of alkyl halides is 1. The van der Waals surface area contributed by atoms with Crippen LogP contribution in [0.4, 0.5) is 4.39 Å². The highest BCUT2D eigenvalue weighted by Crippen LogP contribution is 2.22. The Morgan fingerprint density at radius 3 is 2.80 bits per heavy atom. The molecule has 0 saturated heterocycles. The Labute approximate surface area is 120 Å². The molecule has 2 heterocycles. The van der Waals surface area contributed by atoms with Crippen molar-refractivity contribution in [1.29, 1.82) is 0 Å². The van der Waals surface area contributed by atoms with E-state index < -0.39 is 5.67 Å². The average Bonchev–Trinajstić information content (AvgIpc) is 2.61. The molecule has 0 amide bonds. The van der Waals surface area contributed by atoms with Crippen molar-refractivity contribution in [2.24, 2.45) is 0 Å². The van der Waals surface area contributed by atoms with Crippen LogP contribution in [0.15, 0.2) is 12.2 Å². The molecule has 1 aromatic rings. The summed E-state index contributed by atoms with van der Waals surface area (Å²) in [6, 6.07) is 0.352. The number of hydrogen-bond donors (Lipinski definition) is 1. The lowest BCUT2D eigenvalue weighted by Gasteiger charge is -2.36. The molecule has 1 N–H and O–H groups in total. The van der Waals surface area contributed by atoms with Crippen molar-refractivity contribution in [1.82, 2.24) is 9.88 Å². The first-order chi connectivity index (χ1) is 9.31. The molecule has 1 aromatic heterocycles. The monoisotopic (exact) mass is 276 g/mol. The number of nitrogens with one attached hydrogen (secondary N) is 1. The zero-order chi connectivity index (χ0) is 14.9. The van der Waals surface area contributed by atoms with E-state index in [4.69, 9.17) is 0 Å². The minimum atomic E-state index is -1.16. The van der Waals surface area contributed by atoms with Gasteiger partial charge in [-0.05, 0) is 39.7 Å². The van der Waals surface area contributed by atoms with Gasteiger partial charge in [-0.25, -0.2) is 4.39 Å². The molecule has 0 saturated carbocycles. The van der Waals surface area contributed by atoms with E-state index in [9.17, 15) is 4.39 Å². The van der Waals surface area contributed by atoms with Gasteiger partial charge in [-0.15, -0.1) is 0 Å². The van der Waals surface area contributed by atoms with Crippen molar-refractivity contribution in [2.45, 2.75) is 52.4 Å². The van der Waals surface area contributed by atoms with Crippen molar-refractivity contribution in [3.8, 4) is 0 Å². The van der Waals surface area contributed by atoms with Crippen LogP contribution in [0.1, 0.15) is 39.0 Å². The molecule has 0 aliphatic carbocycles. The van der Waals surface area contributed by atoms with Crippen LogP contribution in [0.3, 0.4) is 0 Å². The van der Waals surface area contributed by atoms with E-state index in [1.165, 1.54) is 16.5 Å². The molecular formula is C17H25FN2. The number of aromatic amines is 1. The molecule has 0 fully saturated rings. The highest BCUT2D eigenvalue weighted by atomic mass is 19.1. The summed E-state index contributed by atoms with van der Waals surface area (Å²) in [5.41, 5.74) is 1.37. The lowest BCUT2D eigenvalue weighted by molar-refractivity contribution is 0.0849. The smallest absolute Gasteiger partial charge is 0.118 e. The third-order valence-electron chi connectivity index (χ3n) is 3.83. The van der Waals surface area contributed by atoms with Gasteiger partial charge in [0.2, 0.25) is 0 Å². The van der Waals surface area contributed by atoms with Gasteiger partial charge in [-0.3, -0.25) is 4.90 Å². The Morgan fingerprint density at radius 1 is 1.50 bits per heavy atom. The molecule has 1 atom stereocenters. The number of H-pyrrole nitrogens is 1. The minimum Gasteiger partial charge on any atom is -0.358 e. The van der Waals surface area contributed by atoms with Crippen molar-refractivity contribution in [2.75, 3.05) is 6.54 Å². The number of nitrogens with zero attached hydrogens (tertiary/aromatic N) is 1. The number of halogens is 1. The molecule has 0 bridgehead atoms. The highest BCUT2D eigenvalue weighted by Gasteiger charge is 2.29. The van der Waals surface area contributed by atoms with E-state index in [1.54, 1.807) is 13.8 Å². The molecule has 3 heteroatoms. The first-order valence-electron chi connectivity index (χ1n) is 7.26. The minimum absolute atomic E-state index is 0.352. The number of allylic oxidation sites excluding steroid dienone is 2. The van der Waals surface area contributed by atoms with Gasteiger partial charge in [-0.1, -0.05) is 24.8 Å². The number of fused-ring (bicyclic) bond motifs is 1. The summed E-state index contributed by atoms with van der Waals surface area (Å²) in [4.78, 5) is 5.58. The molecule has 1 aliphatic rings. The van der Waals surface area contributed by atoms with Crippen LogP contribution >= 0.6 is 0 Å². The number of hydrogen-bond acceptors (Lipinski definition) is 1. The first-order valence-corrected chi connectivity index (χ1v) is 7.26. The van der Waals surface area contributed by atoms with Crippen molar-refractivity contribution in [3.05, 3.63) is 34.0 Å². The first kappa shape index (κ1) is 15.0. The largest absolute Gasteiger partial charge is 0.358 e. The highest BCUT2D eigenvalue weighted by molar-refractivity contribution is 5.43. The Kier molecular flexibility index (Phi) is 4.19. The second-order valence-electron chi connectivity index (χ2n) is 6.34. The third-order valence-corrected chi connectivity index (χ3v) is 3.83. The van der Waals surface area contributed by atoms with Crippen LogP contribution in [0.2, 0.25) is 0 Å². The molecule has 0 aromatic carbocycles. The summed E-state index contributed by atoms with van der Waals surface area (Å²) < 4.78 is 13.9. The molecule has 110 valence electrons. The Bertz CT molecular complexity index is 604. The molecule has 2 nitrogen and oxygen atoms in total.